The zero-order chi connectivity index (χ0) is 13.6. The maximum absolute atomic E-state index is 12.7. The summed E-state index contributed by atoms with van der Waals surface area (Å²) in [6, 6.07) is 4.67. The fourth-order valence-electron chi connectivity index (χ4n) is 3.11. The van der Waals surface area contributed by atoms with E-state index in [2.05, 4.69) is 43.1 Å². The van der Waals surface area contributed by atoms with Crippen LogP contribution in [0, 0.1) is 6.92 Å². The van der Waals surface area contributed by atoms with Gasteiger partial charge in [0.05, 0.1) is 0 Å². The van der Waals surface area contributed by atoms with E-state index >= 15 is 0 Å². The third kappa shape index (κ3) is 2.01. The number of aryl methyl sites for hydroxylation is 1. The van der Waals surface area contributed by atoms with Gasteiger partial charge < -0.3 is 4.90 Å². The van der Waals surface area contributed by atoms with Crippen molar-refractivity contribution >= 4 is 17.2 Å². The van der Waals surface area contributed by atoms with Crippen LogP contribution >= 0.6 is 11.3 Å². The molecule has 0 bridgehead atoms. The predicted octanol–water partition coefficient (Wildman–Crippen LogP) is 3.21. The van der Waals surface area contributed by atoms with Gasteiger partial charge >= 0.3 is 0 Å². The molecular weight excluding hydrogens is 256 g/mol. The van der Waals surface area contributed by atoms with E-state index in [-0.39, 0.29) is 11.7 Å². The van der Waals surface area contributed by atoms with Crippen LogP contribution in [0.3, 0.4) is 0 Å². The Morgan fingerprint density at radius 3 is 2.58 bits per heavy atom. The maximum Gasteiger partial charge on any atom is 0.244 e. The van der Waals surface area contributed by atoms with Crippen molar-refractivity contribution < 1.29 is 4.79 Å². The fourth-order valence-corrected chi connectivity index (χ4v) is 4.04. The second-order valence-electron chi connectivity index (χ2n) is 5.76. The van der Waals surface area contributed by atoms with Crippen molar-refractivity contribution in [2.75, 3.05) is 0 Å². The highest BCUT2D eigenvalue weighted by Crippen LogP contribution is 2.48. The zero-order valence-corrected chi connectivity index (χ0v) is 12.7. The van der Waals surface area contributed by atoms with Crippen LogP contribution in [0.4, 0.5) is 0 Å². The van der Waals surface area contributed by atoms with E-state index in [0.29, 0.717) is 11.9 Å². The van der Waals surface area contributed by atoms with Crippen molar-refractivity contribution in [3.8, 4) is 0 Å². The lowest BCUT2D eigenvalue weighted by Crippen LogP contribution is -2.39. The Kier molecular flexibility index (Phi) is 3.18. The second kappa shape index (κ2) is 4.60. The first kappa shape index (κ1) is 13.1. The Morgan fingerprint density at radius 2 is 2.11 bits per heavy atom. The van der Waals surface area contributed by atoms with Crippen LogP contribution in [0.2, 0.25) is 0 Å². The lowest BCUT2D eigenvalue weighted by molar-refractivity contribution is -0.133. The monoisotopic (exact) mass is 278 g/mol. The minimum absolute atomic E-state index is 0.0959. The highest BCUT2D eigenvalue weighted by atomic mass is 32.1. The van der Waals surface area contributed by atoms with E-state index in [9.17, 15) is 4.79 Å². The Balaban J connectivity index is 1.94. The first-order valence-electron chi connectivity index (χ1n) is 7.28. The summed E-state index contributed by atoms with van der Waals surface area (Å²) in [4.78, 5) is 17.4. The molecule has 1 spiro atoms. The highest BCUT2D eigenvalue weighted by molar-refractivity contribution is 7.12. The van der Waals surface area contributed by atoms with Crippen molar-refractivity contribution in [2.45, 2.75) is 64.2 Å². The molecule has 0 radical (unpaired) electrons. The molecular formula is C15H22N2OS. The fraction of sp³-hybridized carbons (Fsp3) is 0.667. The van der Waals surface area contributed by atoms with Gasteiger partial charge in [-0.1, -0.05) is 13.8 Å². The molecule has 3 nitrogen and oxygen atoms in total. The normalized spacial score (nSPS) is 24.7. The van der Waals surface area contributed by atoms with Gasteiger partial charge in [0, 0.05) is 15.8 Å². The first-order chi connectivity index (χ1) is 9.11. The quantitative estimate of drug-likeness (QED) is 0.917. The molecule has 0 aromatic carbocycles. The van der Waals surface area contributed by atoms with Crippen molar-refractivity contribution in [3.63, 3.8) is 0 Å². The summed E-state index contributed by atoms with van der Waals surface area (Å²) in [5, 5.41) is 3.61. The van der Waals surface area contributed by atoms with Crippen molar-refractivity contribution in [1.29, 1.82) is 0 Å². The minimum atomic E-state index is -0.217. The van der Waals surface area contributed by atoms with E-state index in [0.717, 1.165) is 25.7 Å². The number of hydrogen-bond donors (Lipinski definition) is 1. The van der Waals surface area contributed by atoms with Crippen LogP contribution in [0.25, 0.3) is 0 Å². The molecule has 2 aliphatic rings. The number of carbonyl (C=O) groups is 1. The van der Waals surface area contributed by atoms with Crippen LogP contribution in [-0.2, 0) is 4.79 Å². The van der Waals surface area contributed by atoms with Gasteiger partial charge in [0.15, 0.2) is 0 Å². The van der Waals surface area contributed by atoms with Gasteiger partial charge in [0.1, 0.15) is 11.7 Å². The van der Waals surface area contributed by atoms with Crippen molar-refractivity contribution in [2.24, 2.45) is 0 Å². The summed E-state index contributed by atoms with van der Waals surface area (Å²) in [6.45, 7) is 6.48. The average Bonchev–Trinajstić information content (AvgIpc) is 2.98. The van der Waals surface area contributed by atoms with E-state index < -0.39 is 0 Å². The Hall–Kier alpha value is -0.870. The van der Waals surface area contributed by atoms with E-state index in [1.54, 1.807) is 11.3 Å². The van der Waals surface area contributed by atoms with Gasteiger partial charge in [-0.3, -0.25) is 10.1 Å². The molecule has 1 amide bonds. The second-order valence-corrected chi connectivity index (χ2v) is 7.08. The third-order valence-electron chi connectivity index (χ3n) is 4.45. The van der Waals surface area contributed by atoms with Gasteiger partial charge in [0.2, 0.25) is 5.91 Å². The third-order valence-corrected chi connectivity index (χ3v) is 5.50. The van der Waals surface area contributed by atoms with Gasteiger partial charge in [-0.2, -0.15) is 0 Å². The van der Waals surface area contributed by atoms with E-state index in [1.807, 2.05) is 0 Å². The summed E-state index contributed by atoms with van der Waals surface area (Å²) in [5.41, 5.74) is -0.217. The molecule has 1 saturated carbocycles. The van der Waals surface area contributed by atoms with Gasteiger partial charge in [0.25, 0.3) is 0 Å². The molecule has 2 fully saturated rings. The van der Waals surface area contributed by atoms with Gasteiger partial charge in [-0.15, -0.1) is 11.3 Å². The number of nitrogens with zero attached hydrogens (tertiary/aromatic N) is 1. The standard InChI is InChI=1S/C15H22N2OS/c1-4-11(5-2)17-13(12-7-6-10(3)19-12)16-15(8-9-15)14(17)18/h6-7,11,13,16H,4-5,8-9H2,1-3H3. The predicted molar refractivity (Wildman–Crippen MR) is 78.1 cm³/mol. The summed E-state index contributed by atoms with van der Waals surface area (Å²) in [5.74, 6) is 0.331. The van der Waals surface area contributed by atoms with Crippen LogP contribution < -0.4 is 5.32 Å². The molecule has 1 aliphatic heterocycles. The number of nitrogens with one attached hydrogen (secondary N) is 1. The van der Waals surface area contributed by atoms with Gasteiger partial charge in [-0.05, 0) is 44.7 Å². The van der Waals surface area contributed by atoms with Gasteiger partial charge in [-0.25, -0.2) is 0 Å². The molecule has 1 aromatic rings. The maximum atomic E-state index is 12.7. The zero-order valence-electron chi connectivity index (χ0n) is 11.9. The number of thiophene rings is 1. The highest BCUT2D eigenvalue weighted by Gasteiger charge is 2.60. The summed E-state index contributed by atoms with van der Waals surface area (Å²) < 4.78 is 0. The lowest BCUT2D eigenvalue weighted by atomic mass is 10.1. The van der Waals surface area contributed by atoms with E-state index in [4.69, 9.17) is 0 Å². The minimum Gasteiger partial charge on any atom is -0.318 e. The molecule has 1 unspecified atom stereocenters. The number of amides is 1. The van der Waals surface area contributed by atoms with Crippen LogP contribution in [0.5, 0.6) is 0 Å². The number of rotatable bonds is 4. The number of hydrogen-bond acceptors (Lipinski definition) is 3. The van der Waals surface area contributed by atoms with Crippen LogP contribution in [0.15, 0.2) is 12.1 Å². The molecule has 1 atom stereocenters. The molecule has 1 aliphatic carbocycles. The van der Waals surface area contributed by atoms with Crippen molar-refractivity contribution in [3.05, 3.63) is 21.9 Å². The number of carbonyl (C=O) groups excluding carboxylic acids is 1. The van der Waals surface area contributed by atoms with Crippen LogP contribution in [0.1, 0.15) is 55.5 Å². The summed E-state index contributed by atoms with van der Waals surface area (Å²) in [7, 11) is 0. The molecule has 3 rings (SSSR count). The molecule has 1 N–H and O–H groups in total. The molecule has 4 heteroatoms. The Bertz CT molecular complexity index is 488. The molecule has 1 saturated heterocycles. The SMILES string of the molecule is CCC(CC)N1C(=O)C2(CC2)NC1c1ccc(C)s1. The Morgan fingerprint density at radius 1 is 1.42 bits per heavy atom. The van der Waals surface area contributed by atoms with Crippen molar-refractivity contribution in [1.82, 2.24) is 10.2 Å². The topological polar surface area (TPSA) is 32.3 Å². The Labute approximate surface area is 119 Å². The summed E-state index contributed by atoms with van der Waals surface area (Å²) >= 11 is 1.80. The molecule has 19 heavy (non-hydrogen) atoms. The average molecular weight is 278 g/mol. The lowest BCUT2D eigenvalue weighted by Gasteiger charge is -2.31. The molecule has 104 valence electrons. The van der Waals surface area contributed by atoms with E-state index in [1.165, 1.54) is 9.75 Å². The summed E-state index contributed by atoms with van der Waals surface area (Å²) in [6.07, 6.45) is 4.16. The smallest absolute Gasteiger partial charge is 0.244 e. The van der Waals surface area contributed by atoms with Crippen LogP contribution in [-0.4, -0.2) is 22.4 Å². The largest absolute Gasteiger partial charge is 0.318 e. The first-order valence-corrected chi connectivity index (χ1v) is 8.09. The molecule has 1 aromatic heterocycles. The molecule has 2 heterocycles.